The van der Waals surface area contributed by atoms with Gasteiger partial charge >= 0.3 is 0 Å². The Morgan fingerprint density at radius 2 is 1.95 bits per heavy atom. The second-order valence-electron chi connectivity index (χ2n) is 6.94. The van der Waals surface area contributed by atoms with Gasteiger partial charge in [0.2, 0.25) is 0 Å². The van der Waals surface area contributed by atoms with Crippen molar-refractivity contribution in [2.24, 2.45) is 0 Å². The van der Waals surface area contributed by atoms with Crippen LogP contribution >= 0.6 is 0 Å². The van der Waals surface area contributed by atoms with Crippen LogP contribution in [0, 0.1) is 6.92 Å². The Balaban J connectivity index is 1.85. The predicted octanol–water partition coefficient (Wildman–Crippen LogP) is 3.44. The lowest BCUT2D eigenvalue weighted by molar-refractivity contribution is 0.0770. The van der Waals surface area contributed by atoms with Crippen LogP contribution in [0.1, 0.15) is 44.7 Å². The summed E-state index contributed by atoms with van der Waals surface area (Å²) < 4.78 is 11.4. The quantitative estimate of drug-likeness (QED) is 0.843. The van der Waals surface area contributed by atoms with E-state index in [0.717, 1.165) is 38.3 Å². The van der Waals surface area contributed by atoms with Crippen LogP contribution < -0.4 is 10.1 Å². The lowest BCUT2D eigenvalue weighted by atomic mass is 9.85. The van der Waals surface area contributed by atoms with Crippen molar-refractivity contribution in [2.45, 2.75) is 52.0 Å². The first-order valence-corrected chi connectivity index (χ1v) is 8.02. The minimum atomic E-state index is 0.107. The van der Waals surface area contributed by atoms with Crippen LogP contribution in [0.5, 0.6) is 5.75 Å². The molecule has 1 saturated heterocycles. The summed E-state index contributed by atoms with van der Waals surface area (Å²) in [4.78, 5) is 0. The highest BCUT2D eigenvalue weighted by atomic mass is 16.5. The molecule has 2 rings (SSSR count). The molecule has 0 aromatic heterocycles. The third-order valence-electron chi connectivity index (χ3n) is 3.96. The van der Waals surface area contributed by atoms with Crippen LogP contribution in [0.2, 0.25) is 0 Å². The highest BCUT2D eigenvalue weighted by Gasteiger charge is 2.19. The molecule has 0 saturated carbocycles. The molecule has 1 heterocycles. The average Bonchev–Trinajstić information content (AvgIpc) is 2.45. The smallest absolute Gasteiger partial charge is 0.123 e. The Kier molecular flexibility index (Phi) is 5.65. The van der Waals surface area contributed by atoms with Crippen molar-refractivity contribution in [2.75, 3.05) is 26.4 Å². The second kappa shape index (κ2) is 7.28. The molecule has 1 aromatic carbocycles. The van der Waals surface area contributed by atoms with Crippen molar-refractivity contribution < 1.29 is 9.47 Å². The van der Waals surface area contributed by atoms with Gasteiger partial charge in [-0.15, -0.1) is 0 Å². The zero-order valence-electron chi connectivity index (χ0n) is 13.9. The largest absolute Gasteiger partial charge is 0.492 e. The highest BCUT2D eigenvalue weighted by molar-refractivity contribution is 5.41. The van der Waals surface area contributed by atoms with Crippen LogP contribution in [0.3, 0.4) is 0 Å². The van der Waals surface area contributed by atoms with Gasteiger partial charge < -0.3 is 14.8 Å². The molecule has 0 spiro atoms. The van der Waals surface area contributed by atoms with E-state index in [9.17, 15) is 0 Å². The van der Waals surface area contributed by atoms with Gasteiger partial charge in [0, 0.05) is 25.8 Å². The highest BCUT2D eigenvalue weighted by Crippen LogP contribution is 2.32. The molecule has 0 amide bonds. The van der Waals surface area contributed by atoms with Crippen LogP contribution in [-0.4, -0.2) is 32.4 Å². The molecule has 0 bridgehead atoms. The van der Waals surface area contributed by atoms with E-state index in [-0.39, 0.29) is 5.41 Å². The minimum Gasteiger partial charge on any atom is -0.492 e. The number of hydrogen-bond donors (Lipinski definition) is 1. The average molecular weight is 291 g/mol. The van der Waals surface area contributed by atoms with Gasteiger partial charge in [0.05, 0.1) is 0 Å². The molecular formula is C18H29NO2. The zero-order chi connectivity index (χ0) is 15.3. The van der Waals surface area contributed by atoms with Crippen molar-refractivity contribution in [1.82, 2.24) is 5.32 Å². The van der Waals surface area contributed by atoms with Crippen LogP contribution in [0.25, 0.3) is 0 Å². The topological polar surface area (TPSA) is 30.5 Å². The van der Waals surface area contributed by atoms with E-state index in [4.69, 9.17) is 9.47 Å². The molecule has 1 N–H and O–H groups in total. The maximum Gasteiger partial charge on any atom is 0.123 e. The summed E-state index contributed by atoms with van der Waals surface area (Å²) in [5.74, 6) is 1.02. The third-order valence-corrected chi connectivity index (χ3v) is 3.96. The number of hydrogen-bond acceptors (Lipinski definition) is 3. The Labute approximate surface area is 129 Å². The summed E-state index contributed by atoms with van der Waals surface area (Å²) in [5.41, 5.74) is 2.68. The predicted molar refractivity (Wildman–Crippen MR) is 87.2 cm³/mol. The zero-order valence-corrected chi connectivity index (χ0v) is 13.9. The van der Waals surface area contributed by atoms with Crippen LogP contribution in [0.4, 0.5) is 0 Å². The first kappa shape index (κ1) is 16.3. The molecule has 0 unspecified atom stereocenters. The summed E-state index contributed by atoms with van der Waals surface area (Å²) in [5, 5.41) is 3.56. The second-order valence-corrected chi connectivity index (χ2v) is 6.94. The van der Waals surface area contributed by atoms with E-state index in [0.29, 0.717) is 12.6 Å². The van der Waals surface area contributed by atoms with Crippen molar-refractivity contribution >= 4 is 0 Å². The molecule has 118 valence electrons. The maximum atomic E-state index is 6.02. The van der Waals surface area contributed by atoms with Crippen molar-refractivity contribution in [3.8, 4) is 5.75 Å². The molecule has 1 aromatic rings. The van der Waals surface area contributed by atoms with Gasteiger partial charge in [-0.05, 0) is 36.8 Å². The van der Waals surface area contributed by atoms with E-state index in [1.54, 1.807) is 0 Å². The van der Waals surface area contributed by atoms with Gasteiger partial charge in [-0.25, -0.2) is 0 Å². The molecule has 3 heteroatoms. The lowest BCUT2D eigenvalue weighted by Gasteiger charge is -2.25. The van der Waals surface area contributed by atoms with E-state index >= 15 is 0 Å². The first-order valence-electron chi connectivity index (χ1n) is 8.02. The number of aryl methyl sites for hydroxylation is 1. The Bertz CT molecular complexity index is 445. The summed E-state index contributed by atoms with van der Waals surface area (Å²) in [6.45, 7) is 12.2. The molecule has 0 radical (unpaired) electrons. The fourth-order valence-electron chi connectivity index (χ4n) is 2.68. The number of ether oxygens (including phenoxy) is 2. The van der Waals surface area contributed by atoms with Gasteiger partial charge in [0.25, 0.3) is 0 Å². The van der Waals surface area contributed by atoms with E-state index in [2.05, 4.69) is 51.2 Å². The maximum absolute atomic E-state index is 6.02. The van der Waals surface area contributed by atoms with Gasteiger partial charge in [-0.2, -0.15) is 0 Å². The summed E-state index contributed by atoms with van der Waals surface area (Å²) >= 11 is 0. The van der Waals surface area contributed by atoms with E-state index < -0.39 is 0 Å². The summed E-state index contributed by atoms with van der Waals surface area (Å²) in [6, 6.07) is 7.05. The molecule has 3 nitrogen and oxygen atoms in total. The minimum absolute atomic E-state index is 0.107. The Morgan fingerprint density at radius 1 is 1.24 bits per heavy atom. The van der Waals surface area contributed by atoms with Gasteiger partial charge in [0.15, 0.2) is 0 Å². The third kappa shape index (κ3) is 5.01. The van der Waals surface area contributed by atoms with Gasteiger partial charge in [-0.3, -0.25) is 0 Å². The van der Waals surface area contributed by atoms with Crippen LogP contribution in [-0.2, 0) is 10.2 Å². The molecule has 0 aliphatic carbocycles. The fraction of sp³-hybridized carbons (Fsp3) is 0.667. The van der Waals surface area contributed by atoms with Gasteiger partial charge in [0.1, 0.15) is 12.4 Å². The standard InChI is InChI=1S/C18H29NO2/c1-14-5-6-17(16(13-14)18(2,3)4)21-12-9-19-15-7-10-20-11-8-15/h5-6,13,15,19H,7-12H2,1-4H3. The molecule has 21 heavy (non-hydrogen) atoms. The first-order chi connectivity index (χ1) is 9.97. The number of nitrogens with one attached hydrogen (secondary N) is 1. The van der Waals surface area contributed by atoms with Crippen LogP contribution in [0.15, 0.2) is 18.2 Å². The molecule has 1 aliphatic heterocycles. The van der Waals surface area contributed by atoms with Crippen molar-refractivity contribution in [1.29, 1.82) is 0 Å². The Morgan fingerprint density at radius 3 is 2.62 bits per heavy atom. The van der Waals surface area contributed by atoms with Crippen molar-refractivity contribution in [3.63, 3.8) is 0 Å². The van der Waals surface area contributed by atoms with Gasteiger partial charge in [-0.1, -0.05) is 38.5 Å². The number of benzene rings is 1. The SMILES string of the molecule is Cc1ccc(OCCNC2CCOCC2)c(C(C)(C)C)c1. The van der Waals surface area contributed by atoms with E-state index in [1.807, 2.05) is 0 Å². The molecule has 0 atom stereocenters. The molecule has 1 aliphatic rings. The van der Waals surface area contributed by atoms with E-state index in [1.165, 1.54) is 11.1 Å². The summed E-state index contributed by atoms with van der Waals surface area (Å²) in [6.07, 6.45) is 2.22. The van der Waals surface area contributed by atoms with Crippen molar-refractivity contribution in [3.05, 3.63) is 29.3 Å². The molecule has 1 fully saturated rings. The summed E-state index contributed by atoms with van der Waals surface area (Å²) in [7, 11) is 0. The Hall–Kier alpha value is -1.06. The fourth-order valence-corrected chi connectivity index (χ4v) is 2.68. The normalized spacial score (nSPS) is 17.0. The monoisotopic (exact) mass is 291 g/mol. The number of rotatable bonds is 5. The lowest BCUT2D eigenvalue weighted by Crippen LogP contribution is -2.37. The molecular weight excluding hydrogens is 262 g/mol.